The Morgan fingerprint density at radius 3 is 2.79 bits per heavy atom. The van der Waals surface area contributed by atoms with E-state index in [-0.39, 0.29) is 12.2 Å². The Morgan fingerprint density at radius 1 is 1.43 bits per heavy atom. The van der Waals surface area contributed by atoms with E-state index >= 15 is 0 Å². The SMILES string of the molecule is Cc1c(N)ccc(=O)n1CCCCO. The third-order valence-electron chi connectivity index (χ3n) is 2.28. The van der Waals surface area contributed by atoms with Crippen molar-refractivity contribution in [1.29, 1.82) is 0 Å². The number of pyridine rings is 1. The molecule has 0 aliphatic carbocycles. The Balaban J connectivity index is 2.84. The molecule has 1 aromatic heterocycles. The van der Waals surface area contributed by atoms with Gasteiger partial charge >= 0.3 is 0 Å². The number of hydrogen-bond acceptors (Lipinski definition) is 3. The van der Waals surface area contributed by atoms with Crippen LogP contribution >= 0.6 is 0 Å². The van der Waals surface area contributed by atoms with Crippen LogP contribution in [0.5, 0.6) is 0 Å². The molecule has 0 amide bonds. The smallest absolute Gasteiger partial charge is 0.250 e. The molecule has 4 nitrogen and oxygen atoms in total. The standard InChI is InChI=1S/C10H16N2O2/c1-8-9(11)4-5-10(14)12(8)6-2-3-7-13/h4-5,13H,2-3,6-7,11H2,1H3. The highest BCUT2D eigenvalue weighted by Gasteiger charge is 2.02. The molecule has 0 unspecified atom stereocenters. The van der Waals surface area contributed by atoms with Crippen molar-refractivity contribution in [3.8, 4) is 0 Å². The number of aromatic nitrogens is 1. The van der Waals surface area contributed by atoms with Crippen LogP contribution in [0.15, 0.2) is 16.9 Å². The van der Waals surface area contributed by atoms with Crippen LogP contribution in [0.25, 0.3) is 0 Å². The minimum Gasteiger partial charge on any atom is -0.397 e. The summed E-state index contributed by atoms with van der Waals surface area (Å²) in [6.45, 7) is 2.61. The predicted octanol–water partition coefficient (Wildman–Crippen LogP) is 0.511. The van der Waals surface area contributed by atoms with Gasteiger partial charge in [-0.1, -0.05) is 0 Å². The lowest BCUT2D eigenvalue weighted by Crippen LogP contribution is -2.22. The lowest BCUT2D eigenvalue weighted by molar-refractivity contribution is 0.281. The molecule has 1 rings (SSSR count). The van der Waals surface area contributed by atoms with Crippen LogP contribution < -0.4 is 11.3 Å². The zero-order valence-corrected chi connectivity index (χ0v) is 8.36. The molecule has 78 valence electrons. The largest absolute Gasteiger partial charge is 0.397 e. The summed E-state index contributed by atoms with van der Waals surface area (Å²) in [5, 5.41) is 8.63. The first-order chi connectivity index (χ1) is 6.66. The fraction of sp³-hybridized carbons (Fsp3) is 0.500. The van der Waals surface area contributed by atoms with Gasteiger partial charge in [0.1, 0.15) is 0 Å². The molecular weight excluding hydrogens is 180 g/mol. The van der Waals surface area contributed by atoms with Crippen LogP contribution in [-0.2, 0) is 6.54 Å². The van der Waals surface area contributed by atoms with Gasteiger partial charge in [0.25, 0.3) is 5.56 Å². The third-order valence-corrected chi connectivity index (χ3v) is 2.28. The number of aliphatic hydroxyl groups is 1. The number of unbranched alkanes of at least 4 members (excludes halogenated alkanes) is 1. The molecule has 0 radical (unpaired) electrons. The minimum absolute atomic E-state index is 0.0327. The van der Waals surface area contributed by atoms with Gasteiger partial charge in [-0.3, -0.25) is 4.79 Å². The number of nitrogens with zero attached hydrogens (tertiary/aromatic N) is 1. The molecule has 4 heteroatoms. The molecule has 0 saturated heterocycles. The van der Waals surface area contributed by atoms with Gasteiger partial charge in [0.2, 0.25) is 0 Å². The lowest BCUT2D eigenvalue weighted by atomic mass is 10.2. The second kappa shape index (κ2) is 4.81. The van der Waals surface area contributed by atoms with Crippen LogP contribution in [0, 0.1) is 6.92 Å². The zero-order chi connectivity index (χ0) is 10.6. The first-order valence-electron chi connectivity index (χ1n) is 4.73. The lowest BCUT2D eigenvalue weighted by Gasteiger charge is -2.10. The third kappa shape index (κ3) is 2.35. The number of nitrogen functional groups attached to an aromatic ring is 1. The summed E-state index contributed by atoms with van der Waals surface area (Å²) in [7, 11) is 0. The van der Waals surface area contributed by atoms with E-state index in [0.29, 0.717) is 18.7 Å². The van der Waals surface area contributed by atoms with Gasteiger partial charge in [0, 0.05) is 24.9 Å². The zero-order valence-electron chi connectivity index (χ0n) is 8.36. The first kappa shape index (κ1) is 10.8. The molecule has 0 fully saturated rings. The van der Waals surface area contributed by atoms with Crippen molar-refractivity contribution in [1.82, 2.24) is 4.57 Å². The van der Waals surface area contributed by atoms with Gasteiger partial charge in [0.05, 0.1) is 5.69 Å². The van der Waals surface area contributed by atoms with E-state index in [0.717, 1.165) is 12.1 Å². The number of aliphatic hydroxyl groups excluding tert-OH is 1. The second-order valence-electron chi connectivity index (χ2n) is 3.29. The van der Waals surface area contributed by atoms with Gasteiger partial charge < -0.3 is 15.4 Å². The quantitative estimate of drug-likeness (QED) is 0.689. The van der Waals surface area contributed by atoms with Crippen LogP contribution in [0.3, 0.4) is 0 Å². The highest BCUT2D eigenvalue weighted by atomic mass is 16.2. The normalized spacial score (nSPS) is 10.4. The summed E-state index contributed by atoms with van der Waals surface area (Å²) in [6.07, 6.45) is 1.50. The topological polar surface area (TPSA) is 68.2 Å². The summed E-state index contributed by atoms with van der Waals surface area (Å²) in [5.41, 5.74) is 7.09. The molecular formula is C10H16N2O2. The van der Waals surface area contributed by atoms with Crippen molar-refractivity contribution in [2.75, 3.05) is 12.3 Å². The monoisotopic (exact) mass is 196 g/mol. The van der Waals surface area contributed by atoms with Gasteiger partial charge in [0.15, 0.2) is 0 Å². The summed E-state index contributed by atoms with van der Waals surface area (Å²) < 4.78 is 1.64. The number of rotatable bonds is 4. The van der Waals surface area contributed by atoms with E-state index in [1.807, 2.05) is 6.92 Å². The van der Waals surface area contributed by atoms with Crippen LogP contribution in [0.1, 0.15) is 18.5 Å². The van der Waals surface area contributed by atoms with Crippen molar-refractivity contribution in [3.63, 3.8) is 0 Å². The van der Waals surface area contributed by atoms with Crippen LogP contribution in [0.4, 0.5) is 5.69 Å². The van der Waals surface area contributed by atoms with E-state index in [4.69, 9.17) is 10.8 Å². The summed E-state index contributed by atoms with van der Waals surface area (Å²) in [5.74, 6) is 0. The first-order valence-corrected chi connectivity index (χ1v) is 4.73. The highest BCUT2D eigenvalue weighted by Crippen LogP contribution is 2.07. The number of nitrogens with two attached hydrogens (primary N) is 1. The Hall–Kier alpha value is -1.29. The van der Waals surface area contributed by atoms with Crippen molar-refractivity contribution in [2.24, 2.45) is 0 Å². The van der Waals surface area contributed by atoms with Crippen LogP contribution in [-0.4, -0.2) is 16.3 Å². The molecule has 0 aromatic carbocycles. The van der Waals surface area contributed by atoms with E-state index in [1.165, 1.54) is 6.07 Å². The van der Waals surface area contributed by atoms with Crippen molar-refractivity contribution in [2.45, 2.75) is 26.3 Å². The van der Waals surface area contributed by atoms with Crippen molar-refractivity contribution < 1.29 is 5.11 Å². The average Bonchev–Trinajstić information content (AvgIpc) is 2.18. The minimum atomic E-state index is -0.0327. The van der Waals surface area contributed by atoms with E-state index in [9.17, 15) is 4.79 Å². The Morgan fingerprint density at radius 2 is 2.14 bits per heavy atom. The average molecular weight is 196 g/mol. The maximum absolute atomic E-state index is 11.4. The highest BCUT2D eigenvalue weighted by molar-refractivity contribution is 5.41. The molecule has 1 heterocycles. The summed E-state index contributed by atoms with van der Waals surface area (Å²) in [6, 6.07) is 3.10. The maximum atomic E-state index is 11.4. The molecule has 0 saturated carbocycles. The molecule has 0 aliphatic rings. The molecule has 0 atom stereocenters. The Bertz CT molecular complexity index is 358. The Kier molecular flexibility index (Phi) is 3.71. The van der Waals surface area contributed by atoms with Gasteiger partial charge in [-0.05, 0) is 25.8 Å². The second-order valence-corrected chi connectivity index (χ2v) is 3.29. The van der Waals surface area contributed by atoms with Crippen LogP contribution in [0.2, 0.25) is 0 Å². The summed E-state index contributed by atoms with van der Waals surface area (Å²) in [4.78, 5) is 11.4. The Labute approximate surface area is 83.0 Å². The van der Waals surface area contributed by atoms with Gasteiger partial charge in [-0.15, -0.1) is 0 Å². The molecule has 3 N–H and O–H groups in total. The van der Waals surface area contributed by atoms with Crippen molar-refractivity contribution >= 4 is 5.69 Å². The van der Waals surface area contributed by atoms with E-state index in [2.05, 4.69) is 0 Å². The molecule has 14 heavy (non-hydrogen) atoms. The fourth-order valence-corrected chi connectivity index (χ4v) is 1.35. The fourth-order valence-electron chi connectivity index (χ4n) is 1.35. The maximum Gasteiger partial charge on any atom is 0.250 e. The van der Waals surface area contributed by atoms with Gasteiger partial charge in [-0.25, -0.2) is 0 Å². The summed E-state index contributed by atoms with van der Waals surface area (Å²) >= 11 is 0. The van der Waals surface area contributed by atoms with E-state index < -0.39 is 0 Å². The number of anilines is 1. The molecule has 0 bridgehead atoms. The molecule has 1 aromatic rings. The van der Waals surface area contributed by atoms with Crippen molar-refractivity contribution in [3.05, 3.63) is 28.2 Å². The van der Waals surface area contributed by atoms with E-state index in [1.54, 1.807) is 10.6 Å². The molecule has 0 spiro atoms. The van der Waals surface area contributed by atoms with Gasteiger partial charge in [-0.2, -0.15) is 0 Å². The molecule has 0 aliphatic heterocycles. The predicted molar refractivity (Wildman–Crippen MR) is 56.2 cm³/mol. The number of hydrogen-bond donors (Lipinski definition) is 2.